The number of rotatable bonds is 2. The van der Waals surface area contributed by atoms with E-state index in [9.17, 15) is 9.59 Å². The molecule has 1 amide bonds. The number of Topliss-reactive ketones (excluding diaryl/α,β-unsaturated/α-hetero) is 1. The Morgan fingerprint density at radius 3 is 2.36 bits per heavy atom. The highest BCUT2D eigenvalue weighted by atomic mass is 32.1. The molecular weight excluding hydrogens is 468 g/mol. The monoisotopic (exact) mass is 504 g/mol. The molecule has 0 atom stereocenters. The van der Waals surface area contributed by atoms with Crippen LogP contribution in [-0.4, -0.2) is 45.2 Å². The van der Waals surface area contributed by atoms with Gasteiger partial charge < -0.3 is 10.2 Å². The summed E-state index contributed by atoms with van der Waals surface area (Å²) in [7, 11) is 0. The zero-order valence-corrected chi connectivity index (χ0v) is 23.0. The third kappa shape index (κ3) is 4.90. The van der Waals surface area contributed by atoms with E-state index >= 15 is 0 Å². The fourth-order valence-electron chi connectivity index (χ4n) is 5.26. The molecule has 1 aromatic carbocycles. The quantitative estimate of drug-likeness (QED) is 0.446. The Morgan fingerprint density at radius 1 is 1.00 bits per heavy atom. The average Bonchev–Trinajstić information content (AvgIpc) is 3.22. The average molecular weight is 505 g/mol. The van der Waals surface area contributed by atoms with Crippen LogP contribution in [0.5, 0.6) is 0 Å². The summed E-state index contributed by atoms with van der Waals surface area (Å²) in [5.41, 5.74) is 1.97. The van der Waals surface area contributed by atoms with Crippen molar-refractivity contribution in [3.8, 4) is 0 Å². The van der Waals surface area contributed by atoms with Gasteiger partial charge in [-0.1, -0.05) is 26.8 Å². The highest BCUT2D eigenvalue weighted by Gasteiger charge is 2.43. The number of anilines is 1. The number of pyridine rings is 1. The number of amides is 1. The molecule has 0 unspecified atom stereocenters. The van der Waals surface area contributed by atoms with Crippen molar-refractivity contribution in [2.45, 2.75) is 78.2 Å². The number of aromatic nitrogens is 2. The minimum atomic E-state index is -0.0907. The minimum Gasteiger partial charge on any atom is -0.365 e. The summed E-state index contributed by atoms with van der Waals surface area (Å²) in [4.78, 5) is 39.0. The molecule has 1 aliphatic heterocycles. The van der Waals surface area contributed by atoms with E-state index < -0.39 is 0 Å². The second-order valence-electron chi connectivity index (χ2n) is 12.6. The number of benzene rings is 1. The van der Waals surface area contributed by atoms with Crippen molar-refractivity contribution in [2.75, 3.05) is 18.4 Å². The summed E-state index contributed by atoms with van der Waals surface area (Å²) in [6, 6.07) is 9.78. The van der Waals surface area contributed by atoms with Crippen LogP contribution in [0.1, 0.15) is 91.5 Å². The number of thiazole rings is 1. The van der Waals surface area contributed by atoms with Crippen LogP contribution in [0.15, 0.2) is 30.3 Å². The molecule has 1 saturated heterocycles. The number of fused-ring (bicyclic) bond motifs is 2. The van der Waals surface area contributed by atoms with E-state index in [0.29, 0.717) is 30.8 Å². The molecular formula is C29H36N4O2S. The lowest BCUT2D eigenvalue weighted by atomic mass is 9.68. The Bertz CT molecular complexity index is 1340. The molecule has 2 aliphatic rings. The molecule has 36 heavy (non-hydrogen) atoms. The van der Waals surface area contributed by atoms with Crippen molar-refractivity contribution in [2.24, 2.45) is 5.41 Å². The first-order valence-electron chi connectivity index (χ1n) is 12.8. The molecule has 5 rings (SSSR count). The predicted octanol–water partition coefficient (Wildman–Crippen LogP) is 6.25. The lowest BCUT2D eigenvalue weighted by molar-refractivity contribution is 0.0522. The SMILES string of the molecule is CC(C)(C)Nc1ccc2ccc(C(=O)N3CCC4(CC3)CC(=O)c3nc(C(C)(C)C)sc3C4)cc2n1. The predicted molar refractivity (Wildman–Crippen MR) is 146 cm³/mol. The number of carbonyl (C=O) groups excluding carboxylic acids is 2. The zero-order valence-electron chi connectivity index (χ0n) is 22.2. The second kappa shape index (κ2) is 8.65. The van der Waals surface area contributed by atoms with Crippen LogP contribution in [0.4, 0.5) is 5.82 Å². The van der Waals surface area contributed by atoms with Gasteiger partial charge in [0.2, 0.25) is 0 Å². The molecule has 190 valence electrons. The van der Waals surface area contributed by atoms with Gasteiger partial charge in [-0.2, -0.15) is 0 Å². The van der Waals surface area contributed by atoms with Crippen LogP contribution in [-0.2, 0) is 11.8 Å². The lowest BCUT2D eigenvalue weighted by Gasteiger charge is -2.43. The standard InChI is InChI=1S/C29H36N4O2S/c1-27(2,3)26-31-24-21(34)16-29(17-22(24)36-26)11-13-33(14-12-29)25(35)19-8-7-18-9-10-23(30-20(18)15-19)32-28(4,5)6/h7-10,15H,11-14,16-17H2,1-6H3,(H,30,32). The van der Waals surface area contributed by atoms with Crippen molar-refractivity contribution in [1.82, 2.24) is 14.9 Å². The van der Waals surface area contributed by atoms with E-state index in [4.69, 9.17) is 9.97 Å². The van der Waals surface area contributed by atoms with Crippen LogP contribution >= 0.6 is 11.3 Å². The maximum absolute atomic E-state index is 13.4. The summed E-state index contributed by atoms with van der Waals surface area (Å²) in [5.74, 6) is 1.01. The first-order chi connectivity index (χ1) is 16.8. The maximum atomic E-state index is 13.4. The lowest BCUT2D eigenvalue weighted by Crippen LogP contribution is -2.46. The number of piperidine rings is 1. The van der Waals surface area contributed by atoms with Gasteiger partial charge in [0, 0.05) is 46.3 Å². The first kappa shape index (κ1) is 24.9. The Balaban J connectivity index is 1.30. The summed E-state index contributed by atoms with van der Waals surface area (Å²) in [6.45, 7) is 14.1. The van der Waals surface area contributed by atoms with Gasteiger partial charge in [0.15, 0.2) is 5.78 Å². The van der Waals surface area contributed by atoms with Crippen LogP contribution in [0.25, 0.3) is 10.9 Å². The minimum absolute atomic E-state index is 0.0402. The van der Waals surface area contributed by atoms with Crippen molar-refractivity contribution in [3.05, 3.63) is 51.5 Å². The zero-order chi connectivity index (χ0) is 25.9. The fraction of sp³-hybridized carbons (Fsp3) is 0.517. The molecule has 0 radical (unpaired) electrons. The van der Waals surface area contributed by atoms with Crippen molar-refractivity contribution in [3.63, 3.8) is 0 Å². The van der Waals surface area contributed by atoms with E-state index in [1.54, 1.807) is 11.3 Å². The van der Waals surface area contributed by atoms with E-state index in [2.05, 4.69) is 46.9 Å². The normalized spacial score (nSPS) is 17.9. The molecule has 3 heterocycles. The van der Waals surface area contributed by atoms with Crippen molar-refractivity contribution >= 4 is 39.7 Å². The molecule has 3 aromatic rings. The summed E-state index contributed by atoms with van der Waals surface area (Å²) >= 11 is 1.70. The molecule has 1 fully saturated rings. The Kier molecular flexibility index (Phi) is 5.98. The first-order valence-corrected chi connectivity index (χ1v) is 13.7. The van der Waals surface area contributed by atoms with Gasteiger partial charge in [0.25, 0.3) is 5.91 Å². The van der Waals surface area contributed by atoms with Gasteiger partial charge in [-0.25, -0.2) is 9.97 Å². The van der Waals surface area contributed by atoms with E-state index in [-0.39, 0.29) is 28.1 Å². The molecule has 7 heteroatoms. The highest BCUT2D eigenvalue weighted by molar-refractivity contribution is 7.12. The highest BCUT2D eigenvalue weighted by Crippen LogP contribution is 2.46. The van der Waals surface area contributed by atoms with Gasteiger partial charge in [-0.05, 0) is 69.7 Å². The van der Waals surface area contributed by atoms with Gasteiger partial charge in [-0.15, -0.1) is 11.3 Å². The van der Waals surface area contributed by atoms with E-state index in [1.165, 1.54) is 0 Å². The molecule has 2 aromatic heterocycles. The second-order valence-corrected chi connectivity index (χ2v) is 13.7. The number of nitrogens with zero attached hydrogens (tertiary/aromatic N) is 3. The molecule has 0 saturated carbocycles. The summed E-state index contributed by atoms with van der Waals surface area (Å²) in [5, 5.41) is 5.45. The largest absolute Gasteiger partial charge is 0.365 e. The van der Waals surface area contributed by atoms with E-state index in [0.717, 1.165) is 45.9 Å². The Morgan fingerprint density at radius 2 is 1.69 bits per heavy atom. The topological polar surface area (TPSA) is 75.2 Å². The van der Waals surface area contributed by atoms with Gasteiger partial charge in [0.05, 0.1) is 10.5 Å². The van der Waals surface area contributed by atoms with Crippen molar-refractivity contribution in [1.29, 1.82) is 0 Å². The third-order valence-corrected chi connectivity index (χ3v) is 8.71. The van der Waals surface area contributed by atoms with Gasteiger partial charge in [0.1, 0.15) is 11.5 Å². The fourth-order valence-corrected chi connectivity index (χ4v) is 6.57. The molecule has 1 N–H and O–H groups in total. The van der Waals surface area contributed by atoms with Crippen LogP contribution in [0.3, 0.4) is 0 Å². The van der Waals surface area contributed by atoms with E-state index in [1.807, 2.05) is 35.2 Å². The van der Waals surface area contributed by atoms with Crippen molar-refractivity contribution < 1.29 is 9.59 Å². The number of likely N-dealkylation sites (tertiary alicyclic amines) is 1. The summed E-state index contributed by atoms with van der Waals surface area (Å²) < 4.78 is 0. The smallest absolute Gasteiger partial charge is 0.253 e. The Labute approximate surface area is 217 Å². The van der Waals surface area contributed by atoms with Gasteiger partial charge >= 0.3 is 0 Å². The number of nitrogens with one attached hydrogen (secondary N) is 1. The van der Waals surface area contributed by atoms with Crippen LogP contribution in [0.2, 0.25) is 0 Å². The number of carbonyl (C=O) groups is 2. The molecule has 1 aliphatic carbocycles. The van der Waals surface area contributed by atoms with Crippen LogP contribution < -0.4 is 5.32 Å². The maximum Gasteiger partial charge on any atom is 0.253 e. The number of hydrogen-bond donors (Lipinski definition) is 1. The van der Waals surface area contributed by atoms with Gasteiger partial charge in [-0.3, -0.25) is 9.59 Å². The Hall–Kier alpha value is -2.80. The number of ketones is 1. The number of hydrogen-bond acceptors (Lipinski definition) is 6. The molecule has 6 nitrogen and oxygen atoms in total. The molecule has 1 spiro atoms. The molecule has 0 bridgehead atoms. The third-order valence-electron chi connectivity index (χ3n) is 7.23. The van der Waals surface area contributed by atoms with Crippen LogP contribution in [0, 0.1) is 5.41 Å². The summed E-state index contributed by atoms with van der Waals surface area (Å²) in [6.07, 6.45) is 3.13.